The lowest BCUT2D eigenvalue weighted by molar-refractivity contribution is -0.125. The quantitative estimate of drug-likeness (QED) is 0.821. The van der Waals surface area contributed by atoms with E-state index in [0.29, 0.717) is 12.3 Å². The maximum Gasteiger partial charge on any atom is 0.222 e. The van der Waals surface area contributed by atoms with E-state index in [4.69, 9.17) is 10.5 Å². The fourth-order valence-corrected chi connectivity index (χ4v) is 2.60. The number of piperidine rings is 1. The predicted octanol–water partition coefficient (Wildman–Crippen LogP) is 1.63. The van der Waals surface area contributed by atoms with Crippen molar-refractivity contribution in [3.8, 4) is 5.75 Å². The third-order valence-electron chi connectivity index (χ3n) is 3.77. The second kappa shape index (κ2) is 6.50. The number of benzene rings is 1. The van der Waals surface area contributed by atoms with Crippen molar-refractivity contribution in [3.05, 3.63) is 18.2 Å². The van der Waals surface area contributed by atoms with E-state index in [-0.39, 0.29) is 11.8 Å². The van der Waals surface area contributed by atoms with Crippen LogP contribution in [-0.4, -0.2) is 32.7 Å². The number of amides is 1. The molecule has 0 radical (unpaired) electrons. The third kappa shape index (κ3) is 3.15. The highest BCUT2D eigenvalue weighted by molar-refractivity contribution is 5.78. The summed E-state index contributed by atoms with van der Waals surface area (Å²) in [6, 6.07) is 5.88. The molecule has 0 bridgehead atoms. The van der Waals surface area contributed by atoms with E-state index in [1.807, 2.05) is 25.1 Å². The Morgan fingerprint density at radius 3 is 2.75 bits per heavy atom. The molecule has 0 saturated carbocycles. The average molecular weight is 277 g/mol. The highest BCUT2D eigenvalue weighted by Gasteiger charge is 2.24. The summed E-state index contributed by atoms with van der Waals surface area (Å²) in [6.07, 6.45) is 1.77. The van der Waals surface area contributed by atoms with Crippen LogP contribution in [0.4, 0.5) is 11.4 Å². The number of anilines is 2. The molecule has 1 heterocycles. The lowest BCUT2D eigenvalue weighted by Crippen LogP contribution is -2.39. The topological polar surface area (TPSA) is 67.6 Å². The summed E-state index contributed by atoms with van der Waals surface area (Å²) in [5.74, 6) is 1.02. The van der Waals surface area contributed by atoms with E-state index in [9.17, 15) is 4.79 Å². The standard InChI is InChI=1S/C15H23N3O2/c1-3-20-14-10-12(4-5-13(14)16)18-8-6-11(7-9-18)15(19)17-2/h4-5,10-11H,3,6-9,16H2,1-2H3,(H,17,19). The van der Waals surface area contributed by atoms with Crippen LogP contribution >= 0.6 is 0 Å². The zero-order valence-electron chi connectivity index (χ0n) is 12.2. The first-order valence-electron chi connectivity index (χ1n) is 7.14. The first-order chi connectivity index (χ1) is 9.65. The molecular formula is C15H23N3O2. The van der Waals surface area contributed by atoms with Gasteiger partial charge in [-0.05, 0) is 31.9 Å². The maximum atomic E-state index is 11.6. The van der Waals surface area contributed by atoms with Crippen LogP contribution in [0, 0.1) is 5.92 Å². The SMILES string of the molecule is CCOc1cc(N2CCC(C(=O)NC)CC2)ccc1N. The van der Waals surface area contributed by atoms with E-state index in [0.717, 1.165) is 37.4 Å². The van der Waals surface area contributed by atoms with Crippen LogP contribution in [0.25, 0.3) is 0 Å². The van der Waals surface area contributed by atoms with E-state index in [1.54, 1.807) is 7.05 Å². The minimum Gasteiger partial charge on any atom is -0.492 e. The smallest absolute Gasteiger partial charge is 0.222 e. The Balaban J connectivity index is 2.03. The van der Waals surface area contributed by atoms with Gasteiger partial charge in [0, 0.05) is 37.8 Å². The van der Waals surface area contributed by atoms with Gasteiger partial charge in [0.15, 0.2) is 0 Å². The Hall–Kier alpha value is -1.91. The lowest BCUT2D eigenvalue weighted by Gasteiger charge is -2.33. The minimum atomic E-state index is 0.136. The molecule has 5 nitrogen and oxygen atoms in total. The van der Waals surface area contributed by atoms with Crippen molar-refractivity contribution in [2.45, 2.75) is 19.8 Å². The Bertz CT molecular complexity index is 468. The van der Waals surface area contributed by atoms with Gasteiger partial charge in [-0.3, -0.25) is 4.79 Å². The molecule has 1 amide bonds. The molecule has 20 heavy (non-hydrogen) atoms. The second-order valence-corrected chi connectivity index (χ2v) is 5.03. The summed E-state index contributed by atoms with van der Waals surface area (Å²) >= 11 is 0. The maximum absolute atomic E-state index is 11.6. The van der Waals surface area contributed by atoms with E-state index >= 15 is 0 Å². The molecule has 1 aliphatic heterocycles. The number of hydrogen-bond acceptors (Lipinski definition) is 4. The Kier molecular flexibility index (Phi) is 4.71. The molecule has 1 aliphatic rings. The van der Waals surface area contributed by atoms with E-state index < -0.39 is 0 Å². The molecule has 0 spiro atoms. The van der Waals surface area contributed by atoms with Crippen LogP contribution in [0.1, 0.15) is 19.8 Å². The first-order valence-corrected chi connectivity index (χ1v) is 7.14. The zero-order chi connectivity index (χ0) is 14.5. The van der Waals surface area contributed by atoms with Crippen molar-refractivity contribution >= 4 is 17.3 Å². The highest BCUT2D eigenvalue weighted by Crippen LogP contribution is 2.30. The van der Waals surface area contributed by atoms with Gasteiger partial charge < -0.3 is 20.7 Å². The number of rotatable bonds is 4. The van der Waals surface area contributed by atoms with Crippen molar-refractivity contribution in [1.82, 2.24) is 5.32 Å². The molecule has 0 aromatic heterocycles. The lowest BCUT2D eigenvalue weighted by atomic mass is 9.95. The Labute approximate surface area is 120 Å². The molecule has 110 valence electrons. The van der Waals surface area contributed by atoms with Crippen molar-refractivity contribution in [3.63, 3.8) is 0 Å². The van der Waals surface area contributed by atoms with Gasteiger partial charge in [0.2, 0.25) is 5.91 Å². The fraction of sp³-hybridized carbons (Fsp3) is 0.533. The molecular weight excluding hydrogens is 254 g/mol. The third-order valence-corrected chi connectivity index (χ3v) is 3.77. The summed E-state index contributed by atoms with van der Waals surface area (Å²) < 4.78 is 5.53. The molecule has 1 aromatic carbocycles. The number of carbonyl (C=O) groups excluding carboxylic acids is 1. The number of ether oxygens (including phenoxy) is 1. The normalized spacial score (nSPS) is 16.0. The minimum absolute atomic E-state index is 0.136. The zero-order valence-corrected chi connectivity index (χ0v) is 12.2. The van der Waals surface area contributed by atoms with Gasteiger partial charge >= 0.3 is 0 Å². The van der Waals surface area contributed by atoms with Gasteiger partial charge in [-0.25, -0.2) is 0 Å². The molecule has 1 fully saturated rings. The average Bonchev–Trinajstić information content (AvgIpc) is 2.49. The predicted molar refractivity (Wildman–Crippen MR) is 81.0 cm³/mol. The van der Waals surface area contributed by atoms with Crippen LogP contribution in [0.5, 0.6) is 5.75 Å². The van der Waals surface area contributed by atoms with Crippen LogP contribution in [0.3, 0.4) is 0 Å². The van der Waals surface area contributed by atoms with Gasteiger partial charge in [-0.15, -0.1) is 0 Å². The largest absolute Gasteiger partial charge is 0.492 e. The molecule has 2 rings (SSSR count). The van der Waals surface area contributed by atoms with Crippen LogP contribution in [-0.2, 0) is 4.79 Å². The van der Waals surface area contributed by atoms with Crippen molar-refractivity contribution in [2.75, 3.05) is 37.4 Å². The van der Waals surface area contributed by atoms with E-state index in [2.05, 4.69) is 10.2 Å². The number of nitrogen functional groups attached to an aromatic ring is 1. The molecule has 0 atom stereocenters. The number of hydrogen-bond donors (Lipinski definition) is 2. The summed E-state index contributed by atoms with van der Waals surface area (Å²) in [7, 11) is 1.70. The van der Waals surface area contributed by atoms with Crippen LogP contribution in [0.2, 0.25) is 0 Å². The molecule has 5 heteroatoms. The number of carbonyl (C=O) groups is 1. The Morgan fingerprint density at radius 2 is 2.15 bits per heavy atom. The van der Waals surface area contributed by atoms with Gasteiger partial charge in [0.1, 0.15) is 5.75 Å². The fourth-order valence-electron chi connectivity index (χ4n) is 2.60. The summed E-state index contributed by atoms with van der Waals surface area (Å²) in [6.45, 7) is 4.31. The number of nitrogens with zero attached hydrogens (tertiary/aromatic N) is 1. The molecule has 1 saturated heterocycles. The molecule has 0 aliphatic carbocycles. The number of nitrogens with one attached hydrogen (secondary N) is 1. The van der Waals surface area contributed by atoms with Crippen molar-refractivity contribution in [1.29, 1.82) is 0 Å². The molecule has 0 unspecified atom stereocenters. The van der Waals surface area contributed by atoms with Crippen LogP contribution < -0.4 is 20.7 Å². The van der Waals surface area contributed by atoms with Gasteiger partial charge in [-0.1, -0.05) is 0 Å². The molecule has 1 aromatic rings. The summed E-state index contributed by atoms with van der Waals surface area (Å²) in [5.41, 5.74) is 7.66. The monoisotopic (exact) mass is 277 g/mol. The first kappa shape index (κ1) is 14.5. The molecule has 3 N–H and O–H groups in total. The summed E-state index contributed by atoms with van der Waals surface area (Å²) in [5, 5.41) is 2.73. The van der Waals surface area contributed by atoms with Gasteiger partial charge in [-0.2, -0.15) is 0 Å². The van der Waals surface area contributed by atoms with E-state index in [1.165, 1.54) is 0 Å². The van der Waals surface area contributed by atoms with Crippen molar-refractivity contribution < 1.29 is 9.53 Å². The Morgan fingerprint density at radius 1 is 1.45 bits per heavy atom. The highest BCUT2D eigenvalue weighted by atomic mass is 16.5. The second-order valence-electron chi connectivity index (χ2n) is 5.03. The van der Waals surface area contributed by atoms with Crippen molar-refractivity contribution in [2.24, 2.45) is 5.92 Å². The number of nitrogens with two attached hydrogens (primary N) is 1. The van der Waals surface area contributed by atoms with Gasteiger partial charge in [0.05, 0.1) is 12.3 Å². The van der Waals surface area contributed by atoms with Gasteiger partial charge in [0.25, 0.3) is 0 Å². The summed E-state index contributed by atoms with van der Waals surface area (Å²) in [4.78, 5) is 13.9. The van der Waals surface area contributed by atoms with Crippen LogP contribution in [0.15, 0.2) is 18.2 Å².